The molecule has 1 amide bonds. The zero-order valence-corrected chi connectivity index (χ0v) is 15.3. The fourth-order valence-corrected chi connectivity index (χ4v) is 3.51. The van der Waals surface area contributed by atoms with Crippen molar-refractivity contribution >= 4 is 16.8 Å². The molecule has 1 saturated carbocycles. The summed E-state index contributed by atoms with van der Waals surface area (Å²) in [6, 6.07) is 7.23. The number of nitrogens with one attached hydrogen (secondary N) is 1. The van der Waals surface area contributed by atoms with Crippen LogP contribution in [0.15, 0.2) is 35.4 Å². The second-order valence-electron chi connectivity index (χ2n) is 7.03. The Hall–Kier alpha value is -2.21. The third kappa shape index (κ3) is 4.69. The summed E-state index contributed by atoms with van der Waals surface area (Å²) in [7, 11) is 0. The Kier molecular flexibility index (Phi) is 6.39. The van der Waals surface area contributed by atoms with Crippen LogP contribution in [0, 0.1) is 5.92 Å². The van der Waals surface area contributed by atoms with Gasteiger partial charge in [-0.2, -0.15) is 0 Å². The molecule has 1 N–H and O–H groups in total. The third-order valence-electron chi connectivity index (χ3n) is 5.10. The van der Waals surface area contributed by atoms with Crippen molar-refractivity contribution in [3.63, 3.8) is 0 Å². The van der Waals surface area contributed by atoms with Gasteiger partial charge in [0.1, 0.15) is 0 Å². The van der Waals surface area contributed by atoms with Gasteiger partial charge < -0.3 is 10.1 Å². The maximum Gasteiger partial charge on any atom is 0.261 e. The maximum atomic E-state index is 12.4. The average Bonchev–Trinajstić information content (AvgIpc) is 2.66. The van der Waals surface area contributed by atoms with E-state index in [9.17, 15) is 9.59 Å². The lowest BCUT2D eigenvalue weighted by Crippen LogP contribution is -2.32. The van der Waals surface area contributed by atoms with Crippen molar-refractivity contribution in [1.29, 1.82) is 0 Å². The number of fused-ring (bicyclic) bond motifs is 1. The van der Waals surface area contributed by atoms with Crippen molar-refractivity contribution in [2.24, 2.45) is 5.92 Å². The minimum absolute atomic E-state index is 0.0784. The number of rotatable bonds is 7. The summed E-state index contributed by atoms with van der Waals surface area (Å²) in [6.07, 6.45) is 6.95. The van der Waals surface area contributed by atoms with Gasteiger partial charge in [-0.05, 0) is 30.9 Å². The van der Waals surface area contributed by atoms with Crippen LogP contribution in [0.5, 0.6) is 0 Å². The van der Waals surface area contributed by atoms with Gasteiger partial charge in [0.2, 0.25) is 5.91 Å². The van der Waals surface area contributed by atoms with Crippen LogP contribution < -0.4 is 10.9 Å². The van der Waals surface area contributed by atoms with E-state index in [2.05, 4.69) is 17.2 Å². The van der Waals surface area contributed by atoms with E-state index in [0.29, 0.717) is 42.6 Å². The van der Waals surface area contributed by atoms with Crippen molar-refractivity contribution in [3.05, 3.63) is 40.9 Å². The molecule has 1 aliphatic rings. The normalized spacial score (nSPS) is 20.2. The van der Waals surface area contributed by atoms with Gasteiger partial charge in [0.25, 0.3) is 5.56 Å². The first-order valence-corrected chi connectivity index (χ1v) is 9.47. The molecule has 0 bridgehead atoms. The quantitative estimate of drug-likeness (QED) is 0.773. The van der Waals surface area contributed by atoms with Crippen molar-refractivity contribution in [2.45, 2.75) is 51.7 Å². The van der Waals surface area contributed by atoms with Crippen LogP contribution >= 0.6 is 0 Å². The van der Waals surface area contributed by atoms with Crippen LogP contribution in [0.2, 0.25) is 0 Å². The van der Waals surface area contributed by atoms with Gasteiger partial charge in [0, 0.05) is 19.5 Å². The van der Waals surface area contributed by atoms with Crippen molar-refractivity contribution < 1.29 is 9.53 Å². The molecule has 3 rings (SSSR count). The first kappa shape index (κ1) is 18.6. The van der Waals surface area contributed by atoms with Crippen molar-refractivity contribution in [2.75, 3.05) is 13.2 Å². The zero-order chi connectivity index (χ0) is 18.4. The summed E-state index contributed by atoms with van der Waals surface area (Å²) in [4.78, 5) is 28.6. The molecule has 1 aromatic carbocycles. The lowest BCUT2D eigenvalue weighted by molar-refractivity contribution is -0.121. The molecule has 1 heterocycles. The Morgan fingerprint density at radius 2 is 2.12 bits per heavy atom. The number of carbonyl (C=O) groups excluding carboxylic acids is 1. The molecule has 6 heteroatoms. The topological polar surface area (TPSA) is 73.2 Å². The second kappa shape index (κ2) is 8.94. The van der Waals surface area contributed by atoms with Crippen LogP contribution in [0.1, 0.15) is 39.0 Å². The van der Waals surface area contributed by atoms with Gasteiger partial charge in [-0.3, -0.25) is 14.2 Å². The predicted molar refractivity (Wildman–Crippen MR) is 101 cm³/mol. The molecule has 1 aliphatic carbocycles. The van der Waals surface area contributed by atoms with Gasteiger partial charge >= 0.3 is 0 Å². The van der Waals surface area contributed by atoms with Crippen molar-refractivity contribution in [3.8, 4) is 0 Å². The summed E-state index contributed by atoms with van der Waals surface area (Å²) in [5, 5.41) is 3.44. The van der Waals surface area contributed by atoms with Crippen LogP contribution in [0.3, 0.4) is 0 Å². The minimum atomic E-state index is -0.113. The Morgan fingerprint density at radius 3 is 2.96 bits per heavy atom. The number of benzene rings is 1. The predicted octanol–water partition coefficient (Wildman–Crippen LogP) is 2.50. The van der Waals surface area contributed by atoms with Gasteiger partial charge in [-0.25, -0.2) is 4.98 Å². The zero-order valence-electron chi connectivity index (χ0n) is 15.3. The van der Waals surface area contributed by atoms with Gasteiger partial charge in [-0.15, -0.1) is 0 Å². The summed E-state index contributed by atoms with van der Waals surface area (Å²) in [5.41, 5.74) is 0.560. The number of amides is 1. The van der Waals surface area contributed by atoms with E-state index in [1.165, 1.54) is 30.2 Å². The lowest BCUT2D eigenvalue weighted by atomic mass is 9.88. The number of nitrogens with zero attached hydrogens (tertiary/aromatic N) is 2. The van der Waals surface area contributed by atoms with Crippen LogP contribution in [-0.4, -0.2) is 34.7 Å². The van der Waals surface area contributed by atoms with E-state index in [1.807, 2.05) is 12.1 Å². The van der Waals surface area contributed by atoms with E-state index in [0.717, 1.165) is 6.42 Å². The summed E-state index contributed by atoms with van der Waals surface area (Å²) in [5.74, 6) is 0.525. The third-order valence-corrected chi connectivity index (χ3v) is 5.10. The first-order valence-electron chi connectivity index (χ1n) is 9.47. The van der Waals surface area contributed by atoms with E-state index >= 15 is 0 Å². The molecule has 0 radical (unpaired) electrons. The van der Waals surface area contributed by atoms with Crippen LogP contribution in [0.25, 0.3) is 10.9 Å². The summed E-state index contributed by atoms with van der Waals surface area (Å²) >= 11 is 0. The summed E-state index contributed by atoms with van der Waals surface area (Å²) in [6.45, 7) is 3.60. The molecule has 2 unspecified atom stereocenters. The molecule has 1 fully saturated rings. The highest BCUT2D eigenvalue weighted by molar-refractivity contribution is 5.77. The first-order chi connectivity index (χ1) is 12.6. The standard InChI is InChI=1S/C20H27N3O3/c1-15-6-2-5-9-18(15)26-13-11-21-19(24)10-12-23-14-22-17-8-4-3-7-16(17)20(23)25/h3-4,7-8,14-15,18H,2,5-6,9-13H2,1H3,(H,21,24). The van der Waals surface area contributed by atoms with Gasteiger partial charge in [0.15, 0.2) is 0 Å². The van der Waals surface area contributed by atoms with Crippen LogP contribution in [-0.2, 0) is 16.1 Å². The number of para-hydroxylation sites is 1. The highest BCUT2D eigenvalue weighted by atomic mass is 16.5. The van der Waals surface area contributed by atoms with Gasteiger partial charge in [0.05, 0.1) is 29.9 Å². The van der Waals surface area contributed by atoms with E-state index in [-0.39, 0.29) is 17.9 Å². The molecule has 140 valence electrons. The maximum absolute atomic E-state index is 12.4. The Labute approximate surface area is 153 Å². The Morgan fingerprint density at radius 1 is 1.31 bits per heavy atom. The Balaban J connectivity index is 1.41. The Bertz CT molecular complexity index is 802. The van der Waals surface area contributed by atoms with Crippen molar-refractivity contribution in [1.82, 2.24) is 14.9 Å². The molecule has 1 aromatic heterocycles. The highest BCUT2D eigenvalue weighted by Crippen LogP contribution is 2.25. The molecule has 0 aliphatic heterocycles. The van der Waals surface area contributed by atoms with Gasteiger partial charge in [-0.1, -0.05) is 31.9 Å². The molecule has 2 atom stereocenters. The molecule has 0 saturated heterocycles. The number of ether oxygens (including phenoxy) is 1. The number of hydrogen-bond acceptors (Lipinski definition) is 4. The number of hydrogen-bond donors (Lipinski definition) is 1. The van der Waals surface area contributed by atoms with E-state index in [1.54, 1.807) is 12.1 Å². The SMILES string of the molecule is CC1CCCCC1OCCNC(=O)CCn1cnc2ccccc2c1=O. The molecule has 26 heavy (non-hydrogen) atoms. The summed E-state index contributed by atoms with van der Waals surface area (Å²) < 4.78 is 7.38. The van der Waals surface area contributed by atoms with Crippen LogP contribution in [0.4, 0.5) is 0 Å². The fraction of sp³-hybridized carbons (Fsp3) is 0.550. The number of aromatic nitrogens is 2. The average molecular weight is 357 g/mol. The fourth-order valence-electron chi connectivity index (χ4n) is 3.51. The smallest absolute Gasteiger partial charge is 0.261 e. The molecule has 0 spiro atoms. The minimum Gasteiger partial charge on any atom is -0.376 e. The molecule has 2 aromatic rings. The molecule has 6 nitrogen and oxygen atoms in total. The molecular formula is C20H27N3O3. The largest absolute Gasteiger partial charge is 0.376 e. The number of aryl methyl sites for hydroxylation is 1. The van der Waals surface area contributed by atoms with E-state index < -0.39 is 0 Å². The molecular weight excluding hydrogens is 330 g/mol. The monoisotopic (exact) mass is 357 g/mol. The highest BCUT2D eigenvalue weighted by Gasteiger charge is 2.21. The lowest BCUT2D eigenvalue weighted by Gasteiger charge is -2.28. The second-order valence-corrected chi connectivity index (χ2v) is 7.03. The number of carbonyl (C=O) groups is 1. The van der Waals surface area contributed by atoms with E-state index in [4.69, 9.17) is 4.74 Å².